The SMILES string of the molecule is CC(C)S(=O)(=O)c1ccc(S(N)(=O)=O)cc1CNc1cc(Nc2ccc(Cl)cn2)ncn1. The van der Waals surface area contributed by atoms with Crippen LogP contribution < -0.4 is 15.8 Å². The molecule has 2 heterocycles. The van der Waals surface area contributed by atoms with Crippen molar-refractivity contribution in [1.29, 1.82) is 0 Å². The molecule has 0 saturated heterocycles. The number of sulfone groups is 1. The minimum absolute atomic E-state index is 0.0136. The summed E-state index contributed by atoms with van der Waals surface area (Å²) in [6.45, 7) is 3.08. The van der Waals surface area contributed by atoms with Crippen molar-refractivity contribution in [2.24, 2.45) is 5.14 Å². The van der Waals surface area contributed by atoms with E-state index in [1.54, 1.807) is 32.0 Å². The molecular weight excluding hydrogens is 476 g/mol. The van der Waals surface area contributed by atoms with Crippen LogP contribution in [0.1, 0.15) is 19.4 Å². The number of nitrogens with zero attached hydrogens (tertiary/aromatic N) is 3. The number of halogens is 1. The van der Waals surface area contributed by atoms with Gasteiger partial charge in [-0.3, -0.25) is 0 Å². The quantitative estimate of drug-likeness (QED) is 0.426. The zero-order valence-corrected chi connectivity index (χ0v) is 19.5. The summed E-state index contributed by atoms with van der Waals surface area (Å²) >= 11 is 5.83. The summed E-state index contributed by atoms with van der Waals surface area (Å²) in [6.07, 6.45) is 2.80. The van der Waals surface area contributed by atoms with Crippen molar-refractivity contribution in [3.63, 3.8) is 0 Å². The molecule has 13 heteroatoms. The number of aromatic nitrogens is 3. The van der Waals surface area contributed by atoms with Gasteiger partial charge in [0.05, 0.1) is 20.1 Å². The van der Waals surface area contributed by atoms with Gasteiger partial charge in [0.2, 0.25) is 10.0 Å². The van der Waals surface area contributed by atoms with Gasteiger partial charge in [0.1, 0.15) is 23.8 Å². The minimum Gasteiger partial charge on any atom is -0.366 e. The molecule has 0 aliphatic carbocycles. The average molecular weight is 497 g/mol. The molecule has 0 radical (unpaired) electrons. The van der Waals surface area contributed by atoms with Crippen molar-refractivity contribution < 1.29 is 16.8 Å². The second-order valence-electron chi connectivity index (χ2n) is 7.04. The van der Waals surface area contributed by atoms with Crippen molar-refractivity contribution in [1.82, 2.24) is 15.0 Å². The van der Waals surface area contributed by atoms with Crippen LogP contribution in [0.4, 0.5) is 17.5 Å². The van der Waals surface area contributed by atoms with Crippen molar-refractivity contribution in [2.45, 2.75) is 35.4 Å². The molecule has 0 aliphatic heterocycles. The van der Waals surface area contributed by atoms with E-state index < -0.39 is 25.1 Å². The van der Waals surface area contributed by atoms with Gasteiger partial charge in [-0.2, -0.15) is 0 Å². The number of nitrogens with one attached hydrogen (secondary N) is 2. The highest BCUT2D eigenvalue weighted by atomic mass is 35.5. The van der Waals surface area contributed by atoms with E-state index in [2.05, 4.69) is 25.6 Å². The predicted molar refractivity (Wildman–Crippen MR) is 122 cm³/mol. The van der Waals surface area contributed by atoms with E-state index >= 15 is 0 Å². The summed E-state index contributed by atoms with van der Waals surface area (Å²) < 4.78 is 49.0. The number of anilines is 3. The molecule has 0 bridgehead atoms. The zero-order valence-electron chi connectivity index (χ0n) is 17.1. The lowest BCUT2D eigenvalue weighted by Crippen LogP contribution is -2.19. The minimum atomic E-state index is -4.01. The second-order valence-corrected chi connectivity index (χ2v) is 11.5. The first-order chi connectivity index (χ1) is 15.0. The van der Waals surface area contributed by atoms with E-state index in [1.807, 2.05) is 0 Å². The standard InChI is InChI=1S/C19H21ClN6O4S2/c1-12(2)31(27,28)16-5-4-15(32(21,29)30)7-13(16)9-22-18-8-19(25-11-24-18)26-17-6-3-14(20)10-23-17/h3-8,10-12H,9H2,1-2H3,(H2,21,29,30)(H2,22,23,24,25,26). The Balaban J connectivity index is 1.88. The van der Waals surface area contributed by atoms with Crippen LogP contribution in [-0.4, -0.2) is 37.0 Å². The molecule has 1 aromatic carbocycles. The number of sulfonamides is 1. The molecule has 0 atom stereocenters. The molecule has 3 rings (SSSR count). The fourth-order valence-electron chi connectivity index (χ4n) is 2.69. The lowest BCUT2D eigenvalue weighted by molar-refractivity contribution is 0.585. The fraction of sp³-hybridized carbons (Fsp3) is 0.211. The van der Waals surface area contributed by atoms with Gasteiger partial charge < -0.3 is 10.6 Å². The van der Waals surface area contributed by atoms with Crippen molar-refractivity contribution in [3.05, 3.63) is 59.5 Å². The molecule has 0 spiro atoms. The highest BCUT2D eigenvalue weighted by Crippen LogP contribution is 2.25. The number of benzene rings is 1. The molecule has 2 aromatic heterocycles. The summed E-state index contributed by atoms with van der Waals surface area (Å²) in [5.74, 6) is 1.33. The Bertz CT molecular complexity index is 1330. The molecule has 170 valence electrons. The van der Waals surface area contributed by atoms with Gasteiger partial charge in [-0.15, -0.1) is 0 Å². The van der Waals surface area contributed by atoms with Crippen LogP contribution in [0.2, 0.25) is 5.02 Å². The van der Waals surface area contributed by atoms with Gasteiger partial charge in [0, 0.05) is 18.8 Å². The largest absolute Gasteiger partial charge is 0.366 e. The Labute approximate surface area is 191 Å². The van der Waals surface area contributed by atoms with Crippen molar-refractivity contribution in [3.8, 4) is 0 Å². The van der Waals surface area contributed by atoms with Gasteiger partial charge in [-0.05, 0) is 49.7 Å². The fourth-order valence-corrected chi connectivity index (χ4v) is 4.63. The van der Waals surface area contributed by atoms with Crippen molar-refractivity contribution >= 4 is 48.9 Å². The normalized spacial score (nSPS) is 12.0. The van der Waals surface area contributed by atoms with Crippen LogP contribution in [-0.2, 0) is 26.4 Å². The molecule has 4 N–H and O–H groups in total. The maximum Gasteiger partial charge on any atom is 0.238 e. The summed E-state index contributed by atoms with van der Waals surface area (Å²) in [5, 5.41) is 11.0. The van der Waals surface area contributed by atoms with E-state index in [4.69, 9.17) is 16.7 Å². The van der Waals surface area contributed by atoms with E-state index in [9.17, 15) is 16.8 Å². The van der Waals surface area contributed by atoms with Crippen LogP contribution in [0, 0.1) is 0 Å². The first-order valence-corrected chi connectivity index (χ1v) is 12.8. The Morgan fingerprint density at radius 1 is 0.969 bits per heavy atom. The third-order valence-corrected chi connectivity index (χ3v) is 7.79. The maximum atomic E-state index is 12.7. The summed E-state index contributed by atoms with van der Waals surface area (Å²) in [4.78, 5) is 12.2. The highest BCUT2D eigenvalue weighted by Gasteiger charge is 2.24. The molecule has 0 unspecified atom stereocenters. The Kier molecular flexibility index (Phi) is 6.98. The summed E-state index contributed by atoms with van der Waals surface area (Å²) in [5.41, 5.74) is 0.248. The maximum absolute atomic E-state index is 12.7. The third kappa shape index (κ3) is 5.71. The number of pyridine rings is 1. The van der Waals surface area contributed by atoms with Crippen LogP contribution in [0.15, 0.2) is 58.7 Å². The van der Waals surface area contributed by atoms with Crippen LogP contribution in [0.3, 0.4) is 0 Å². The Morgan fingerprint density at radius 3 is 2.31 bits per heavy atom. The van der Waals surface area contributed by atoms with Crippen LogP contribution >= 0.6 is 11.6 Å². The highest BCUT2D eigenvalue weighted by molar-refractivity contribution is 7.92. The molecule has 10 nitrogen and oxygen atoms in total. The van der Waals surface area contributed by atoms with Gasteiger partial charge in [-0.25, -0.2) is 36.9 Å². The molecule has 3 aromatic rings. The summed E-state index contributed by atoms with van der Waals surface area (Å²) in [6, 6.07) is 8.63. The lowest BCUT2D eigenvalue weighted by Gasteiger charge is -2.15. The molecule has 0 aliphatic rings. The number of primary sulfonamides is 1. The number of nitrogens with two attached hydrogens (primary N) is 1. The topological polar surface area (TPSA) is 157 Å². The van der Waals surface area contributed by atoms with Crippen molar-refractivity contribution in [2.75, 3.05) is 10.6 Å². The molecule has 0 fully saturated rings. The zero-order chi connectivity index (χ0) is 23.5. The van der Waals surface area contributed by atoms with Gasteiger partial charge in [0.25, 0.3) is 0 Å². The van der Waals surface area contributed by atoms with Gasteiger partial charge >= 0.3 is 0 Å². The lowest BCUT2D eigenvalue weighted by atomic mass is 10.2. The van der Waals surface area contributed by atoms with E-state index in [1.165, 1.54) is 30.7 Å². The Morgan fingerprint density at radius 2 is 1.69 bits per heavy atom. The average Bonchev–Trinajstić information content (AvgIpc) is 2.73. The third-order valence-electron chi connectivity index (χ3n) is 4.40. The molecule has 32 heavy (non-hydrogen) atoms. The monoisotopic (exact) mass is 496 g/mol. The van der Waals surface area contributed by atoms with Crippen LogP contribution in [0.5, 0.6) is 0 Å². The van der Waals surface area contributed by atoms with Gasteiger partial charge in [-0.1, -0.05) is 11.6 Å². The number of hydrogen-bond donors (Lipinski definition) is 3. The Hall–Kier alpha value is -2.80. The van der Waals surface area contributed by atoms with Crippen LogP contribution in [0.25, 0.3) is 0 Å². The second kappa shape index (κ2) is 9.36. The number of rotatable bonds is 8. The van der Waals surface area contributed by atoms with E-state index in [-0.39, 0.29) is 21.9 Å². The number of hydrogen-bond acceptors (Lipinski definition) is 9. The molecule has 0 saturated carbocycles. The summed E-state index contributed by atoms with van der Waals surface area (Å²) in [7, 11) is -7.68. The smallest absolute Gasteiger partial charge is 0.238 e. The van der Waals surface area contributed by atoms with E-state index in [0.29, 0.717) is 22.5 Å². The first kappa shape index (κ1) is 23.9. The molecular formula is C19H21ClN6O4S2. The predicted octanol–water partition coefficient (Wildman–Crippen LogP) is 2.71. The van der Waals surface area contributed by atoms with E-state index in [0.717, 1.165) is 0 Å². The molecule has 0 amide bonds. The van der Waals surface area contributed by atoms with Gasteiger partial charge in [0.15, 0.2) is 9.84 Å². The first-order valence-electron chi connectivity index (χ1n) is 9.31.